The van der Waals surface area contributed by atoms with Gasteiger partial charge in [0.2, 0.25) is 11.5 Å². The fourth-order valence-corrected chi connectivity index (χ4v) is 2.31. The topological polar surface area (TPSA) is 68.5 Å². The second kappa shape index (κ2) is 6.44. The van der Waals surface area contributed by atoms with Crippen LogP contribution in [0.15, 0.2) is 22.8 Å². The van der Waals surface area contributed by atoms with Crippen molar-refractivity contribution >= 4 is 28.2 Å². The Morgan fingerprint density at radius 1 is 1.50 bits per heavy atom. The first kappa shape index (κ1) is 17.1. The molecule has 0 amide bonds. The summed E-state index contributed by atoms with van der Waals surface area (Å²) in [5.74, 6) is -0.0208. The first-order valence-electron chi connectivity index (χ1n) is 6.95. The molecule has 120 valence electrons. The van der Waals surface area contributed by atoms with Crippen molar-refractivity contribution in [3.05, 3.63) is 28.5 Å². The summed E-state index contributed by atoms with van der Waals surface area (Å²) in [6, 6.07) is 3.54. The van der Waals surface area contributed by atoms with E-state index in [9.17, 15) is 9.59 Å². The molecule has 3 rings (SSSR count). The number of ether oxygens (including phenoxy) is 2. The minimum atomic E-state index is -0.666. The number of fused-ring (bicyclic) bond motifs is 1. The summed E-state index contributed by atoms with van der Waals surface area (Å²) in [6.07, 6.45) is 1.63. The van der Waals surface area contributed by atoms with E-state index in [0.717, 1.165) is 11.0 Å². The van der Waals surface area contributed by atoms with Gasteiger partial charge in [-0.3, -0.25) is 19.5 Å². The first-order chi connectivity index (χ1) is 10.3. The number of carbonyl (C=O) groups excluding carboxylic acids is 2. The lowest BCUT2D eigenvalue weighted by atomic mass is 10.1. The third kappa shape index (κ3) is 3.91. The molecule has 0 radical (unpaired) electrons. The highest BCUT2D eigenvalue weighted by atomic mass is 79.9. The van der Waals surface area contributed by atoms with Crippen molar-refractivity contribution in [3.8, 4) is 0 Å². The summed E-state index contributed by atoms with van der Waals surface area (Å²) >= 11 is 3.29. The third-order valence-corrected chi connectivity index (χ3v) is 3.70. The number of nitrogens with zero attached hydrogens (tertiary/aromatic N) is 2. The summed E-state index contributed by atoms with van der Waals surface area (Å²) in [6.45, 7) is 8.12. The number of hydrogen-bond acceptors (Lipinski definition) is 6. The Kier molecular flexibility index (Phi) is 4.99. The normalized spacial score (nSPS) is 25.5. The number of rotatable bonds is 3. The number of halogens is 1. The molecule has 2 aliphatic rings. The summed E-state index contributed by atoms with van der Waals surface area (Å²) in [5, 5.41) is 0. The van der Waals surface area contributed by atoms with E-state index in [1.54, 1.807) is 12.3 Å². The van der Waals surface area contributed by atoms with E-state index in [2.05, 4.69) is 25.7 Å². The van der Waals surface area contributed by atoms with Crippen LogP contribution in [-0.2, 0) is 14.3 Å². The van der Waals surface area contributed by atoms with E-state index in [4.69, 9.17) is 4.74 Å². The molecule has 1 aromatic heterocycles. The van der Waals surface area contributed by atoms with Gasteiger partial charge in [0.25, 0.3) is 6.47 Å². The standard InChI is InChI=1S/C10H9BrN2O2.C5H10O2/c11-7-1-2-8(12-5-7)9(14)10-6-13(10)3-4-15-10;1-5(2,3)7-4-6/h1-2,5H,3-4,6H2;4H,1-3H3. The summed E-state index contributed by atoms with van der Waals surface area (Å²) in [7, 11) is 0. The summed E-state index contributed by atoms with van der Waals surface area (Å²) < 4.78 is 10.9. The van der Waals surface area contributed by atoms with Crippen LogP contribution in [0, 0.1) is 0 Å². The Morgan fingerprint density at radius 2 is 2.23 bits per heavy atom. The van der Waals surface area contributed by atoms with Gasteiger partial charge in [0.05, 0.1) is 13.2 Å². The smallest absolute Gasteiger partial charge is 0.293 e. The van der Waals surface area contributed by atoms with Gasteiger partial charge in [-0.1, -0.05) is 0 Å². The molecule has 2 saturated heterocycles. The van der Waals surface area contributed by atoms with Crippen LogP contribution in [-0.4, -0.2) is 53.2 Å². The lowest BCUT2D eigenvalue weighted by Gasteiger charge is -2.14. The molecule has 2 fully saturated rings. The molecule has 22 heavy (non-hydrogen) atoms. The number of ketones is 1. The van der Waals surface area contributed by atoms with Crippen molar-refractivity contribution in [3.63, 3.8) is 0 Å². The van der Waals surface area contributed by atoms with Crippen molar-refractivity contribution < 1.29 is 19.1 Å². The zero-order valence-corrected chi connectivity index (χ0v) is 14.4. The van der Waals surface area contributed by atoms with Gasteiger partial charge in [0.15, 0.2) is 0 Å². The van der Waals surface area contributed by atoms with E-state index < -0.39 is 5.72 Å². The average molecular weight is 371 g/mol. The average Bonchev–Trinajstić information content (AvgIpc) is 3.00. The van der Waals surface area contributed by atoms with E-state index >= 15 is 0 Å². The van der Waals surface area contributed by atoms with Gasteiger partial charge in [-0.05, 0) is 48.8 Å². The fourth-order valence-electron chi connectivity index (χ4n) is 2.08. The molecule has 7 heteroatoms. The molecule has 6 nitrogen and oxygen atoms in total. The molecule has 3 heterocycles. The van der Waals surface area contributed by atoms with Crippen LogP contribution in [0.25, 0.3) is 0 Å². The lowest BCUT2D eigenvalue weighted by molar-refractivity contribution is -0.138. The van der Waals surface area contributed by atoms with Crippen molar-refractivity contribution in [1.29, 1.82) is 0 Å². The molecule has 0 bridgehead atoms. The van der Waals surface area contributed by atoms with Crippen LogP contribution in [0.4, 0.5) is 0 Å². The maximum absolute atomic E-state index is 12.1. The number of aromatic nitrogens is 1. The van der Waals surface area contributed by atoms with Gasteiger partial charge < -0.3 is 9.47 Å². The van der Waals surface area contributed by atoms with E-state index in [-0.39, 0.29) is 11.4 Å². The molecule has 0 N–H and O–H groups in total. The SMILES string of the molecule is CC(C)(C)OC=O.O=C(c1ccc(Br)cn1)C12CN1CCO2. The Morgan fingerprint density at radius 3 is 2.59 bits per heavy atom. The zero-order valence-electron chi connectivity index (χ0n) is 12.8. The van der Waals surface area contributed by atoms with Crippen LogP contribution >= 0.6 is 15.9 Å². The number of Topliss-reactive ketones (excluding diaryl/α,β-unsaturated/α-hetero) is 1. The number of carbonyl (C=O) groups is 2. The third-order valence-electron chi connectivity index (χ3n) is 3.23. The largest absolute Gasteiger partial charge is 0.462 e. The molecular formula is C15H19BrN2O4. The Labute approximate surface area is 137 Å². The molecule has 0 aliphatic carbocycles. The molecule has 0 saturated carbocycles. The maximum atomic E-state index is 12.1. The zero-order chi connectivity index (χ0) is 16.4. The maximum Gasteiger partial charge on any atom is 0.293 e. The van der Waals surface area contributed by atoms with E-state index in [1.807, 2.05) is 31.7 Å². The van der Waals surface area contributed by atoms with Gasteiger partial charge in [-0.2, -0.15) is 0 Å². The van der Waals surface area contributed by atoms with Crippen molar-refractivity contribution in [2.24, 2.45) is 0 Å². The lowest BCUT2D eigenvalue weighted by Crippen LogP contribution is -2.28. The molecule has 0 spiro atoms. The van der Waals surface area contributed by atoms with Gasteiger partial charge >= 0.3 is 0 Å². The number of pyridine rings is 1. The molecule has 2 aliphatic heterocycles. The van der Waals surface area contributed by atoms with Crippen molar-refractivity contribution in [1.82, 2.24) is 9.88 Å². The highest BCUT2D eigenvalue weighted by molar-refractivity contribution is 9.10. The predicted octanol–water partition coefficient (Wildman–Crippen LogP) is 2.03. The van der Waals surface area contributed by atoms with Crippen LogP contribution in [0.3, 0.4) is 0 Å². The molecule has 0 aromatic carbocycles. The molecule has 2 unspecified atom stereocenters. The second-order valence-electron chi connectivity index (χ2n) is 6.07. The summed E-state index contributed by atoms with van der Waals surface area (Å²) in [5.41, 5.74) is -0.509. The fraction of sp³-hybridized carbons (Fsp3) is 0.533. The van der Waals surface area contributed by atoms with Crippen LogP contribution in [0.5, 0.6) is 0 Å². The first-order valence-corrected chi connectivity index (χ1v) is 7.75. The summed E-state index contributed by atoms with van der Waals surface area (Å²) in [4.78, 5) is 27.8. The Balaban J connectivity index is 0.000000217. The van der Waals surface area contributed by atoms with Gasteiger partial charge in [-0.15, -0.1) is 0 Å². The monoisotopic (exact) mass is 370 g/mol. The highest BCUT2D eigenvalue weighted by Crippen LogP contribution is 2.40. The number of morpholine rings is 1. The molecule has 2 atom stereocenters. The van der Waals surface area contributed by atoms with E-state index in [1.165, 1.54) is 0 Å². The molecule has 1 aromatic rings. The second-order valence-corrected chi connectivity index (χ2v) is 6.99. The van der Waals surface area contributed by atoms with Crippen molar-refractivity contribution in [2.75, 3.05) is 19.7 Å². The highest BCUT2D eigenvalue weighted by Gasteiger charge is 2.63. The quantitative estimate of drug-likeness (QED) is 0.460. The van der Waals surface area contributed by atoms with Gasteiger partial charge in [0, 0.05) is 17.2 Å². The van der Waals surface area contributed by atoms with Gasteiger partial charge in [0.1, 0.15) is 11.3 Å². The van der Waals surface area contributed by atoms with Crippen LogP contribution in [0.1, 0.15) is 31.3 Å². The minimum Gasteiger partial charge on any atom is -0.462 e. The van der Waals surface area contributed by atoms with E-state index in [0.29, 0.717) is 25.3 Å². The van der Waals surface area contributed by atoms with Gasteiger partial charge in [-0.25, -0.2) is 0 Å². The Bertz CT molecular complexity index is 556. The Hall–Kier alpha value is -1.31. The molecular weight excluding hydrogens is 352 g/mol. The van der Waals surface area contributed by atoms with Crippen LogP contribution < -0.4 is 0 Å². The predicted molar refractivity (Wildman–Crippen MR) is 83.4 cm³/mol. The number of hydrogen-bond donors (Lipinski definition) is 0. The van der Waals surface area contributed by atoms with Crippen LogP contribution in [0.2, 0.25) is 0 Å². The minimum absolute atomic E-state index is 0.0208. The van der Waals surface area contributed by atoms with Crippen molar-refractivity contribution in [2.45, 2.75) is 32.1 Å².